The van der Waals surface area contributed by atoms with Crippen molar-refractivity contribution < 1.29 is 23.4 Å². The first-order chi connectivity index (χ1) is 14.2. The number of fused-ring (bicyclic) bond motifs is 3. The van der Waals surface area contributed by atoms with Crippen molar-refractivity contribution in [2.75, 3.05) is 4.72 Å². The molecule has 0 spiro atoms. The fourth-order valence-corrected chi connectivity index (χ4v) is 4.44. The quantitative estimate of drug-likeness (QED) is 0.319. The van der Waals surface area contributed by atoms with Crippen molar-refractivity contribution >= 4 is 43.5 Å². The van der Waals surface area contributed by atoms with E-state index in [1.54, 1.807) is 6.20 Å². The topological polar surface area (TPSA) is 152 Å². The maximum Gasteiger partial charge on any atom is 0.303 e. The minimum atomic E-state index is -3.98. The summed E-state index contributed by atoms with van der Waals surface area (Å²) in [6.45, 7) is 0. The van der Waals surface area contributed by atoms with E-state index >= 15 is 0 Å². The van der Waals surface area contributed by atoms with E-state index in [1.807, 2.05) is 0 Å². The zero-order valence-electron chi connectivity index (χ0n) is 15.5. The van der Waals surface area contributed by atoms with Crippen LogP contribution in [0, 0.1) is 0 Å². The molecule has 0 aliphatic rings. The third-order valence-electron chi connectivity index (χ3n) is 4.71. The first-order valence-electron chi connectivity index (χ1n) is 8.94. The average molecular weight is 427 g/mol. The van der Waals surface area contributed by atoms with Gasteiger partial charge in [0.1, 0.15) is 11.3 Å². The SMILES string of the molecule is O=C(O)CCc1c[nH]c2c(=O)[nH]c3ccc(S(=O)(=O)Nc4cccc(O)c4)cc3c12. The molecule has 0 aliphatic carbocycles. The molecular formula is C20H17N3O6S. The molecule has 0 atom stereocenters. The number of phenols is 1. The number of phenolic OH excluding ortho intramolecular Hbond substituents is 1. The van der Waals surface area contributed by atoms with Crippen molar-refractivity contribution in [3.05, 3.63) is 64.6 Å². The van der Waals surface area contributed by atoms with Gasteiger partial charge in [0.15, 0.2) is 0 Å². The Labute approximate surface area is 170 Å². The minimum absolute atomic E-state index is 0.0444. The van der Waals surface area contributed by atoms with E-state index in [0.717, 1.165) is 0 Å². The van der Waals surface area contributed by atoms with Gasteiger partial charge in [-0.3, -0.25) is 14.3 Å². The lowest BCUT2D eigenvalue weighted by Crippen LogP contribution is -2.13. The van der Waals surface area contributed by atoms with Crippen molar-refractivity contribution in [2.24, 2.45) is 0 Å². The Kier molecular flexibility index (Phi) is 4.70. The van der Waals surface area contributed by atoms with Crippen molar-refractivity contribution in [3.8, 4) is 5.75 Å². The lowest BCUT2D eigenvalue weighted by atomic mass is 10.0. The number of aliphatic carboxylic acids is 1. The number of H-pyrrole nitrogens is 2. The minimum Gasteiger partial charge on any atom is -0.508 e. The maximum absolute atomic E-state index is 12.8. The molecule has 4 aromatic rings. The Balaban J connectivity index is 1.85. The molecule has 154 valence electrons. The molecule has 9 nitrogen and oxygen atoms in total. The third kappa shape index (κ3) is 3.60. The molecule has 0 fully saturated rings. The largest absolute Gasteiger partial charge is 0.508 e. The zero-order chi connectivity index (χ0) is 21.5. The molecule has 5 N–H and O–H groups in total. The Hall–Kier alpha value is -3.79. The van der Waals surface area contributed by atoms with Gasteiger partial charge in [0, 0.05) is 35.0 Å². The fraction of sp³-hybridized carbons (Fsp3) is 0.100. The van der Waals surface area contributed by atoms with Gasteiger partial charge in [0.05, 0.1) is 10.6 Å². The molecule has 2 aromatic heterocycles. The van der Waals surface area contributed by atoms with Gasteiger partial charge >= 0.3 is 5.97 Å². The van der Waals surface area contributed by atoms with Crippen LogP contribution >= 0.6 is 0 Å². The maximum atomic E-state index is 12.8. The van der Waals surface area contributed by atoms with Crippen LogP contribution in [0.4, 0.5) is 5.69 Å². The molecule has 2 aromatic carbocycles. The number of hydrogen-bond donors (Lipinski definition) is 5. The summed E-state index contributed by atoms with van der Waals surface area (Å²) in [7, 11) is -3.98. The van der Waals surface area contributed by atoms with Crippen LogP contribution in [0.25, 0.3) is 21.8 Å². The summed E-state index contributed by atoms with van der Waals surface area (Å²) in [5.74, 6) is -1.06. The molecular weight excluding hydrogens is 410 g/mol. The summed E-state index contributed by atoms with van der Waals surface area (Å²) in [5, 5.41) is 19.5. The van der Waals surface area contributed by atoms with Gasteiger partial charge in [-0.15, -0.1) is 0 Å². The number of pyridine rings is 1. The van der Waals surface area contributed by atoms with Crippen LogP contribution in [-0.2, 0) is 21.2 Å². The number of sulfonamides is 1. The van der Waals surface area contributed by atoms with E-state index in [9.17, 15) is 23.1 Å². The summed E-state index contributed by atoms with van der Waals surface area (Å²) in [6.07, 6.45) is 1.62. The number of aromatic amines is 2. The molecule has 0 bridgehead atoms. The van der Waals surface area contributed by atoms with Crippen molar-refractivity contribution in [1.82, 2.24) is 9.97 Å². The normalized spacial score (nSPS) is 11.7. The highest BCUT2D eigenvalue weighted by atomic mass is 32.2. The van der Waals surface area contributed by atoms with E-state index < -0.39 is 16.0 Å². The number of carboxylic acids is 1. The summed E-state index contributed by atoms with van der Waals surface area (Å²) < 4.78 is 28.1. The van der Waals surface area contributed by atoms with Gasteiger partial charge in [-0.1, -0.05) is 6.07 Å². The molecule has 4 rings (SSSR count). The van der Waals surface area contributed by atoms with E-state index in [2.05, 4.69) is 14.7 Å². The molecule has 10 heteroatoms. The lowest BCUT2D eigenvalue weighted by Gasteiger charge is -2.10. The summed E-state index contributed by atoms with van der Waals surface area (Å²) >= 11 is 0. The van der Waals surface area contributed by atoms with Crippen LogP contribution in [0.2, 0.25) is 0 Å². The average Bonchev–Trinajstić information content (AvgIpc) is 3.11. The van der Waals surface area contributed by atoms with Crippen molar-refractivity contribution in [2.45, 2.75) is 17.7 Å². The number of hydrogen-bond acceptors (Lipinski definition) is 5. The number of rotatable bonds is 6. The fourth-order valence-electron chi connectivity index (χ4n) is 3.36. The van der Waals surface area contributed by atoms with Crippen LogP contribution in [0.15, 0.2) is 58.4 Å². The molecule has 2 heterocycles. The van der Waals surface area contributed by atoms with Crippen LogP contribution < -0.4 is 10.3 Å². The van der Waals surface area contributed by atoms with Gasteiger partial charge in [-0.05, 0) is 42.3 Å². The second-order valence-corrected chi connectivity index (χ2v) is 8.46. The number of anilines is 1. The zero-order valence-corrected chi connectivity index (χ0v) is 16.3. The molecule has 0 radical (unpaired) electrons. The van der Waals surface area contributed by atoms with Crippen molar-refractivity contribution in [3.63, 3.8) is 0 Å². The van der Waals surface area contributed by atoms with E-state index in [0.29, 0.717) is 21.9 Å². The predicted octanol–water partition coefficient (Wildman–Crippen LogP) is 2.53. The number of carboxylic acid groups (broad SMARTS) is 1. The standard InChI is InChI=1S/C20H17N3O6S/c24-13-3-1-2-12(8-13)23-30(28,29)14-5-6-16-15(9-14)18-11(4-7-17(25)26)10-21-19(18)20(27)22-16/h1-3,5-6,8-10,21,23-24H,4,7H2,(H,22,27)(H,25,26). The highest BCUT2D eigenvalue weighted by Crippen LogP contribution is 2.28. The van der Waals surface area contributed by atoms with Crippen LogP contribution in [0.5, 0.6) is 5.75 Å². The number of benzene rings is 2. The van der Waals surface area contributed by atoms with E-state index in [4.69, 9.17) is 5.11 Å². The monoisotopic (exact) mass is 427 g/mol. The van der Waals surface area contributed by atoms with Gasteiger partial charge in [0.2, 0.25) is 0 Å². The van der Waals surface area contributed by atoms with Crippen LogP contribution in [-0.4, -0.2) is 34.6 Å². The number of aromatic nitrogens is 2. The molecule has 0 aliphatic heterocycles. The van der Waals surface area contributed by atoms with Gasteiger partial charge in [-0.2, -0.15) is 0 Å². The highest BCUT2D eigenvalue weighted by Gasteiger charge is 2.18. The highest BCUT2D eigenvalue weighted by molar-refractivity contribution is 7.92. The van der Waals surface area contributed by atoms with Crippen LogP contribution in [0.3, 0.4) is 0 Å². The Morgan fingerprint density at radius 3 is 2.67 bits per heavy atom. The smallest absolute Gasteiger partial charge is 0.303 e. The van der Waals surface area contributed by atoms with Gasteiger partial charge in [-0.25, -0.2) is 8.42 Å². The number of carbonyl (C=O) groups is 1. The Morgan fingerprint density at radius 2 is 1.93 bits per heavy atom. The van der Waals surface area contributed by atoms with Gasteiger partial charge < -0.3 is 20.2 Å². The summed E-state index contributed by atoms with van der Waals surface area (Å²) in [6, 6.07) is 9.99. The lowest BCUT2D eigenvalue weighted by molar-refractivity contribution is -0.136. The van der Waals surface area contributed by atoms with E-state index in [-0.39, 0.29) is 40.2 Å². The number of nitrogens with one attached hydrogen (secondary N) is 3. The predicted molar refractivity (Wildman–Crippen MR) is 111 cm³/mol. The summed E-state index contributed by atoms with van der Waals surface area (Å²) in [4.78, 5) is 28.8. The second kappa shape index (κ2) is 7.23. The first-order valence-corrected chi connectivity index (χ1v) is 10.4. The summed E-state index contributed by atoms with van der Waals surface area (Å²) in [5.41, 5.74) is 1.11. The van der Waals surface area contributed by atoms with Gasteiger partial charge in [0.25, 0.3) is 15.6 Å². The molecule has 0 unspecified atom stereocenters. The molecule has 0 saturated heterocycles. The second-order valence-electron chi connectivity index (χ2n) is 6.77. The molecule has 0 saturated carbocycles. The Morgan fingerprint density at radius 1 is 1.13 bits per heavy atom. The Bertz CT molecular complexity index is 1450. The van der Waals surface area contributed by atoms with E-state index in [1.165, 1.54) is 42.5 Å². The first kappa shape index (κ1) is 19.5. The molecule has 30 heavy (non-hydrogen) atoms. The number of aryl methyl sites for hydroxylation is 1. The van der Waals surface area contributed by atoms with Crippen molar-refractivity contribution in [1.29, 1.82) is 0 Å². The third-order valence-corrected chi connectivity index (χ3v) is 6.09. The van der Waals surface area contributed by atoms with Crippen LogP contribution in [0.1, 0.15) is 12.0 Å². The number of aromatic hydroxyl groups is 1. The molecule has 0 amide bonds.